The zero-order chi connectivity index (χ0) is 30.8. The largest absolute Gasteiger partial charge is 0.478 e. The van der Waals surface area contributed by atoms with Gasteiger partial charge in [0.05, 0.1) is 58.6 Å². The minimum Gasteiger partial charge on any atom is -0.478 e. The van der Waals surface area contributed by atoms with E-state index in [-0.39, 0.29) is 41.3 Å². The number of aromatic nitrogens is 3. The summed E-state index contributed by atoms with van der Waals surface area (Å²) in [5.74, 6) is 0.159. The molecule has 0 radical (unpaired) electrons. The van der Waals surface area contributed by atoms with Crippen LogP contribution in [0.2, 0.25) is 0 Å². The summed E-state index contributed by atoms with van der Waals surface area (Å²) in [6, 6.07) is 16.5. The molecule has 2 aliphatic heterocycles. The number of benzene rings is 2. The van der Waals surface area contributed by atoms with Gasteiger partial charge in [-0.05, 0) is 49.7 Å². The Labute approximate surface area is 253 Å². The lowest BCUT2D eigenvalue weighted by atomic mass is 10.1. The highest BCUT2D eigenvalue weighted by Crippen LogP contribution is 2.30. The zero-order valence-electron chi connectivity index (χ0n) is 24.1. The first-order valence-electron chi connectivity index (χ1n) is 14.4. The van der Waals surface area contributed by atoms with Crippen molar-refractivity contribution in [3.63, 3.8) is 0 Å². The van der Waals surface area contributed by atoms with Crippen LogP contribution in [0.4, 0.5) is 10.2 Å². The number of nitriles is 2. The van der Waals surface area contributed by atoms with Crippen LogP contribution in [0.5, 0.6) is 5.88 Å². The Bertz CT molecular complexity index is 1800. The number of rotatable bonds is 9. The van der Waals surface area contributed by atoms with E-state index in [9.17, 15) is 19.6 Å². The van der Waals surface area contributed by atoms with Gasteiger partial charge in [0.25, 0.3) is 0 Å². The highest BCUT2D eigenvalue weighted by molar-refractivity contribution is 5.92. The van der Waals surface area contributed by atoms with Gasteiger partial charge in [0.15, 0.2) is 0 Å². The minimum atomic E-state index is -0.977. The van der Waals surface area contributed by atoms with Crippen LogP contribution < -0.4 is 9.64 Å². The van der Waals surface area contributed by atoms with Crippen molar-refractivity contribution < 1.29 is 23.8 Å². The lowest BCUT2D eigenvalue weighted by Gasteiger charge is -2.38. The molecule has 2 unspecified atom stereocenters. The molecule has 2 saturated heterocycles. The van der Waals surface area contributed by atoms with Crippen molar-refractivity contribution in [2.75, 3.05) is 37.7 Å². The van der Waals surface area contributed by atoms with E-state index in [0.29, 0.717) is 44.1 Å². The molecular weight excluding hydrogens is 565 g/mol. The van der Waals surface area contributed by atoms with Gasteiger partial charge in [-0.25, -0.2) is 14.2 Å². The van der Waals surface area contributed by atoms with Crippen molar-refractivity contribution in [2.45, 2.75) is 38.6 Å². The van der Waals surface area contributed by atoms with Gasteiger partial charge in [-0.1, -0.05) is 6.07 Å². The first-order valence-corrected chi connectivity index (χ1v) is 14.4. The zero-order valence-corrected chi connectivity index (χ0v) is 24.1. The molecule has 0 saturated carbocycles. The number of hydrogen-bond donors (Lipinski definition) is 1. The van der Waals surface area contributed by atoms with Crippen LogP contribution in [0.3, 0.4) is 0 Å². The fourth-order valence-corrected chi connectivity index (χ4v) is 5.60. The maximum atomic E-state index is 14.3. The van der Waals surface area contributed by atoms with Crippen LogP contribution in [0.15, 0.2) is 48.5 Å². The van der Waals surface area contributed by atoms with E-state index in [0.717, 1.165) is 36.0 Å². The summed E-state index contributed by atoms with van der Waals surface area (Å²) in [5, 5.41) is 28.1. The highest BCUT2D eigenvalue weighted by atomic mass is 19.1. The molecule has 12 heteroatoms. The molecule has 4 aromatic rings. The van der Waals surface area contributed by atoms with Gasteiger partial charge in [-0.15, -0.1) is 0 Å². The summed E-state index contributed by atoms with van der Waals surface area (Å²) in [4.78, 5) is 25.6. The quantitative estimate of drug-likeness (QED) is 0.298. The predicted octanol–water partition coefficient (Wildman–Crippen LogP) is 4.26. The Balaban J connectivity index is 1.17. The molecule has 2 aliphatic rings. The van der Waals surface area contributed by atoms with Gasteiger partial charge in [0.2, 0.25) is 5.88 Å². The monoisotopic (exact) mass is 595 g/mol. The molecule has 0 aliphatic carbocycles. The normalized spacial score (nSPS) is 17.5. The maximum Gasteiger partial charge on any atom is 0.335 e. The summed E-state index contributed by atoms with van der Waals surface area (Å²) in [6.07, 6.45) is 1.03. The molecule has 2 atom stereocenters. The van der Waals surface area contributed by atoms with E-state index in [1.54, 1.807) is 24.3 Å². The average molecular weight is 596 g/mol. The first kappa shape index (κ1) is 29.1. The number of hydrogen-bond acceptors (Lipinski definition) is 9. The van der Waals surface area contributed by atoms with Crippen molar-refractivity contribution in [3.8, 4) is 18.0 Å². The lowest BCUT2D eigenvalue weighted by molar-refractivity contribution is -0.0594. The van der Waals surface area contributed by atoms with Crippen LogP contribution in [0.25, 0.3) is 11.0 Å². The molecule has 4 heterocycles. The van der Waals surface area contributed by atoms with Crippen LogP contribution >= 0.6 is 0 Å². The minimum absolute atomic E-state index is 0.0440. The van der Waals surface area contributed by atoms with Gasteiger partial charge >= 0.3 is 5.97 Å². The fraction of sp³-hybridized carbons (Fsp3) is 0.344. The number of carboxylic acid groups (broad SMARTS) is 1. The SMILES string of the molecule is CC(c1nc2ccc(C(=O)O)cc2n1CC1CCO1)N1CCN(c2cc(C#N)cc(OCc3ccc(C#N)cc3F)n2)CC1. The molecular formula is C32H30FN7O4. The van der Waals surface area contributed by atoms with Crippen LogP contribution in [0, 0.1) is 28.5 Å². The molecule has 2 fully saturated rings. The van der Waals surface area contributed by atoms with E-state index < -0.39 is 11.8 Å². The third-order valence-electron chi connectivity index (χ3n) is 8.24. The number of carboxylic acids is 1. The third-order valence-corrected chi connectivity index (χ3v) is 8.24. The number of fused-ring (bicyclic) bond motifs is 1. The Morgan fingerprint density at radius 2 is 1.86 bits per heavy atom. The number of nitrogens with zero attached hydrogens (tertiary/aromatic N) is 7. The van der Waals surface area contributed by atoms with Crippen LogP contribution in [0.1, 0.15) is 52.3 Å². The van der Waals surface area contributed by atoms with Crippen LogP contribution in [-0.4, -0.2) is 69.4 Å². The molecule has 2 aromatic heterocycles. The fourth-order valence-electron chi connectivity index (χ4n) is 5.60. The Morgan fingerprint density at radius 3 is 2.52 bits per heavy atom. The topological polar surface area (TPSA) is 141 Å². The summed E-state index contributed by atoms with van der Waals surface area (Å²) in [6.45, 7) is 6.05. The number of aromatic carboxylic acids is 1. The molecule has 11 nitrogen and oxygen atoms in total. The number of ether oxygens (including phenoxy) is 2. The number of imidazole rings is 1. The number of halogens is 1. The van der Waals surface area contributed by atoms with Crippen molar-refractivity contribution in [1.82, 2.24) is 19.4 Å². The summed E-state index contributed by atoms with van der Waals surface area (Å²) in [7, 11) is 0. The second kappa shape index (κ2) is 12.3. The van der Waals surface area contributed by atoms with Crippen LogP contribution in [-0.2, 0) is 17.9 Å². The lowest BCUT2D eigenvalue weighted by Crippen LogP contribution is -2.48. The number of carbonyl (C=O) groups is 1. The van der Waals surface area contributed by atoms with E-state index in [1.807, 2.05) is 6.07 Å². The van der Waals surface area contributed by atoms with E-state index in [4.69, 9.17) is 19.7 Å². The van der Waals surface area contributed by atoms with E-state index in [2.05, 4.69) is 32.3 Å². The van der Waals surface area contributed by atoms with Crippen molar-refractivity contribution in [1.29, 1.82) is 10.5 Å². The molecule has 44 heavy (non-hydrogen) atoms. The molecule has 2 aromatic carbocycles. The number of pyridine rings is 1. The van der Waals surface area contributed by atoms with Gasteiger partial charge in [0, 0.05) is 44.4 Å². The first-order chi connectivity index (χ1) is 21.3. The Morgan fingerprint density at radius 1 is 1.09 bits per heavy atom. The van der Waals surface area contributed by atoms with Crippen molar-refractivity contribution >= 4 is 22.8 Å². The summed E-state index contributed by atoms with van der Waals surface area (Å²) < 4.78 is 27.9. The molecule has 224 valence electrons. The van der Waals surface area contributed by atoms with Crippen molar-refractivity contribution in [3.05, 3.63) is 82.4 Å². The molecule has 6 rings (SSSR count). The molecule has 0 bridgehead atoms. The summed E-state index contributed by atoms with van der Waals surface area (Å²) >= 11 is 0. The second-order valence-corrected chi connectivity index (χ2v) is 10.9. The average Bonchev–Trinajstić information content (AvgIpc) is 3.39. The van der Waals surface area contributed by atoms with Gasteiger partial charge < -0.3 is 24.0 Å². The standard InChI is InChI=1S/C32H30FN7O4/c1-20(31-36-27-5-4-23(32(41)42)15-28(27)40(31)18-25-6-11-43-25)38-7-9-39(10-8-38)29-13-22(17-35)14-30(37-29)44-19-24-3-2-21(16-34)12-26(24)33/h2-5,12-15,20,25H,6-11,18-19H2,1H3,(H,41,42). The Hall–Kier alpha value is -5.04. The van der Waals surface area contributed by atoms with Gasteiger partial charge in [-0.2, -0.15) is 15.5 Å². The number of anilines is 1. The van der Waals surface area contributed by atoms with E-state index >= 15 is 0 Å². The summed E-state index contributed by atoms with van der Waals surface area (Å²) in [5.41, 5.74) is 2.65. The molecule has 0 spiro atoms. The molecule has 1 N–H and O–H groups in total. The molecule has 0 amide bonds. The van der Waals surface area contributed by atoms with Gasteiger partial charge in [0.1, 0.15) is 24.1 Å². The van der Waals surface area contributed by atoms with Crippen molar-refractivity contribution in [2.24, 2.45) is 0 Å². The smallest absolute Gasteiger partial charge is 0.335 e. The maximum absolute atomic E-state index is 14.3. The number of piperazine rings is 1. The van der Waals surface area contributed by atoms with Gasteiger partial charge in [-0.3, -0.25) is 4.90 Å². The Kier molecular flexibility index (Phi) is 8.11. The van der Waals surface area contributed by atoms with E-state index in [1.165, 1.54) is 18.2 Å². The second-order valence-electron chi connectivity index (χ2n) is 10.9. The predicted molar refractivity (Wildman–Crippen MR) is 158 cm³/mol. The highest BCUT2D eigenvalue weighted by Gasteiger charge is 2.29. The third kappa shape index (κ3) is 5.91.